The molecule has 0 amide bonds. The van der Waals surface area contributed by atoms with Gasteiger partial charge >= 0.3 is 5.97 Å². The molecule has 3 aromatic carbocycles. The zero-order valence-electron chi connectivity index (χ0n) is 40.6. The summed E-state index contributed by atoms with van der Waals surface area (Å²) in [5.74, 6) is 5.66. The number of Topliss-reactive ketones (excluding diaryl/α,β-unsaturated/α-hetero) is 1. The second-order valence-corrected chi connectivity index (χ2v) is 21.2. The molecular formula is C59H63N3O10. The van der Waals surface area contributed by atoms with E-state index in [0.717, 1.165) is 81.3 Å². The fraction of sp³-hybridized carbons (Fsp3) is 0.441. The van der Waals surface area contributed by atoms with E-state index in [-0.39, 0.29) is 96.9 Å². The summed E-state index contributed by atoms with van der Waals surface area (Å²) < 4.78 is 19.9. The van der Waals surface area contributed by atoms with Crippen molar-refractivity contribution in [2.24, 2.45) is 40.9 Å². The van der Waals surface area contributed by atoms with Gasteiger partial charge in [-0.1, -0.05) is 42.2 Å². The lowest BCUT2D eigenvalue weighted by atomic mass is 9.46. The van der Waals surface area contributed by atoms with Gasteiger partial charge in [-0.05, 0) is 157 Å². The standard InChI is InChI=1S/C59H63N3O10/c1-70-54-29-45-44(28-53(54)68)47-24-36-31-59(30-35(22-37(59)33-64)32-62-19-17-50-51(62)16-18-60-50)48-27-38(65)12-14-43(48)57(36)46(45)26-39(66)25-40(13-10-34-11-15-52(67)55(23-34)71-21-20-63)72-56(69)9-5-3-7-42-41-6-2-4-8-49(41)61-58(42)47/h2,4,6,8,11,15-19,23-24,28-29,33,35-38,40,43,46,48,57,60-61,63,65,67-68H,7,9-10,12-14,20-22,25-27,30-32H2,1H3. The average molecular weight is 974 g/mol. The molecule has 4 heterocycles. The second-order valence-electron chi connectivity index (χ2n) is 21.2. The molecule has 6 aromatic rings. The number of benzene rings is 3. The molecule has 13 nitrogen and oxygen atoms in total. The van der Waals surface area contributed by atoms with Crippen molar-refractivity contribution in [1.82, 2.24) is 14.5 Å². The van der Waals surface area contributed by atoms with Gasteiger partial charge in [-0.2, -0.15) is 0 Å². The van der Waals surface area contributed by atoms with Gasteiger partial charge in [-0.25, -0.2) is 0 Å². The number of phenolic OH excluding ortho intramolecular Hbond substituents is 2. The van der Waals surface area contributed by atoms with Crippen LogP contribution in [-0.4, -0.2) is 85.5 Å². The van der Waals surface area contributed by atoms with Crippen molar-refractivity contribution in [3.8, 4) is 34.8 Å². The Bertz CT molecular complexity index is 3130. The summed E-state index contributed by atoms with van der Waals surface area (Å²) >= 11 is 0. The Hall–Kier alpha value is -6.75. The van der Waals surface area contributed by atoms with Crippen LogP contribution in [0.5, 0.6) is 23.0 Å². The largest absolute Gasteiger partial charge is 0.504 e. The van der Waals surface area contributed by atoms with Gasteiger partial charge in [-0.3, -0.25) is 9.59 Å². The van der Waals surface area contributed by atoms with Crippen molar-refractivity contribution < 1.29 is 49.0 Å². The molecule has 3 fully saturated rings. The number of aromatic amines is 2. The van der Waals surface area contributed by atoms with Crippen LogP contribution in [0.2, 0.25) is 0 Å². The second kappa shape index (κ2) is 19.7. The number of para-hydroxylation sites is 1. The molecule has 3 aromatic heterocycles. The Labute approximate surface area is 418 Å². The molecule has 2 bridgehead atoms. The first-order valence-electron chi connectivity index (χ1n) is 25.7. The van der Waals surface area contributed by atoms with Crippen LogP contribution in [0, 0.1) is 52.8 Å². The number of fused-ring (bicyclic) bond motifs is 10. The number of nitrogens with one attached hydrogen (secondary N) is 2. The van der Waals surface area contributed by atoms with E-state index >= 15 is 4.79 Å². The maximum absolute atomic E-state index is 15.2. The molecule has 3 saturated carbocycles. The average Bonchev–Trinajstić information content (AvgIpc) is 4.15. The molecule has 72 heavy (non-hydrogen) atoms. The van der Waals surface area contributed by atoms with Gasteiger partial charge in [-0.15, -0.1) is 0 Å². The van der Waals surface area contributed by atoms with Gasteiger partial charge in [0.25, 0.3) is 0 Å². The highest BCUT2D eigenvalue weighted by Gasteiger charge is 2.62. The summed E-state index contributed by atoms with van der Waals surface area (Å²) in [5.41, 5.74) is 7.89. The molecule has 0 saturated heterocycles. The first kappa shape index (κ1) is 47.6. The number of aromatic nitrogens is 3. The number of aliphatic hydroxyl groups is 2. The number of hydrogen-bond acceptors (Lipinski definition) is 10. The van der Waals surface area contributed by atoms with E-state index in [1.54, 1.807) is 18.2 Å². The molecule has 6 N–H and O–H groups in total. The number of carbonyl (C=O) groups excluding carboxylic acids is 3. The Morgan fingerprint density at radius 3 is 2.65 bits per heavy atom. The number of aryl methyl sites for hydroxylation is 1. The monoisotopic (exact) mass is 973 g/mol. The number of aromatic hydroxyl groups is 2. The predicted octanol–water partition coefficient (Wildman–Crippen LogP) is 8.94. The fourth-order valence-corrected chi connectivity index (χ4v) is 14.4. The van der Waals surface area contributed by atoms with Crippen LogP contribution in [0.4, 0.5) is 0 Å². The number of allylic oxidation sites excluding steroid dienone is 1. The number of carbonyl (C=O) groups is 3. The molecular weight excluding hydrogens is 911 g/mol. The van der Waals surface area contributed by atoms with Crippen LogP contribution in [0.25, 0.3) is 27.5 Å². The van der Waals surface area contributed by atoms with E-state index in [2.05, 4.69) is 56.8 Å². The maximum Gasteiger partial charge on any atom is 0.318 e. The SMILES string of the molecule is COc1cc2c(cc1O)C1=CC3CC4(CC(Cn5ccc6[nH]ccc65)CC4C=O)C4CC(O)CCC4C3C2CC(=O)CC(CCc2ccc(O)c(OCCO)c2)OC(=O)CC#CCc2c1[nH]c1ccccc21. The van der Waals surface area contributed by atoms with Gasteiger partial charge in [0.15, 0.2) is 23.0 Å². The highest BCUT2D eigenvalue weighted by molar-refractivity contribution is 5.94. The number of methoxy groups -OCH3 is 1. The van der Waals surface area contributed by atoms with Crippen LogP contribution in [0.15, 0.2) is 85.2 Å². The van der Waals surface area contributed by atoms with Crippen LogP contribution in [-0.2, 0) is 38.5 Å². The zero-order chi connectivity index (χ0) is 49.7. The Morgan fingerprint density at radius 1 is 0.944 bits per heavy atom. The maximum atomic E-state index is 15.2. The summed E-state index contributed by atoms with van der Waals surface area (Å²) in [5, 5.41) is 44.2. The zero-order valence-corrected chi connectivity index (χ0v) is 40.6. The minimum absolute atomic E-state index is 0.00735. The Morgan fingerprint density at radius 2 is 1.81 bits per heavy atom. The van der Waals surface area contributed by atoms with Crippen LogP contribution >= 0.6 is 0 Å². The van der Waals surface area contributed by atoms with E-state index in [9.17, 15) is 30.0 Å². The van der Waals surface area contributed by atoms with E-state index in [4.69, 9.17) is 14.2 Å². The molecule has 11 rings (SSSR count). The summed E-state index contributed by atoms with van der Waals surface area (Å²) in [6.07, 6.45) is 11.5. The molecule has 4 aliphatic carbocycles. The number of cyclic esters (lactones) is 1. The van der Waals surface area contributed by atoms with Gasteiger partial charge in [0, 0.05) is 60.6 Å². The summed E-state index contributed by atoms with van der Waals surface area (Å²) in [4.78, 5) is 49.7. The van der Waals surface area contributed by atoms with E-state index in [0.29, 0.717) is 44.3 Å². The minimum atomic E-state index is -0.789. The topological polar surface area (TPSA) is 196 Å². The lowest BCUT2D eigenvalue weighted by molar-refractivity contribution is -0.149. The van der Waals surface area contributed by atoms with Gasteiger partial charge in [0.05, 0.1) is 36.5 Å². The Kier molecular flexibility index (Phi) is 13.0. The lowest BCUT2D eigenvalue weighted by Gasteiger charge is -2.58. The molecule has 10 unspecified atom stereocenters. The summed E-state index contributed by atoms with van der Waals surface area (Å²) in [6.45, 7) is 0.571. The first-order valence-corrected chi connectivity index (χ1v) is 25.7. The summed E-state index contributed by atoms with van der Waals surface area (Å²) in [7, 11) is 1.54. The third-order valence-electron chi connectivity index (χ3n) is 17.2. The lowest BCUT2D eigenvalue weighted by Crippen LogP contribution is -2.53. The van der Waals surface area contributed by atoms with Crippen LogP contribution < -0.4 is 9.47 Å². The number of esters is 1. The number of hydrogen-bond donors (Lipinski definition) is 6. The molecule has 1 spiro atoms. The van der Waals surface area contributed by atoms with E-state index < -0.39 is 23.6 Å². The quantitative estimate of drug-likeness (QED) is 0.0438. The third-order valence-corrected chi connectivity index (χ3v) is 17.2. The fourth-order valence-electron chi connectivity index (χ4n) is 14.4. The smallest absolute Gasteiger partial charge is 0.318 e. The van der Waals surface area contributed by atoms with Crippen molar-refractivity contribution in [2.45, 2.75) is 102 Å². The highest BCUT2D eigenvalue weighted by atomic mass is 16.5. The molecule has 1 aliphatic heterocycles. The molecule has 0 radical (unpaired) electrons. The minimum Gasteiger partial charge on any atom is -0.504 e. The van der Waals surface area contributed by atoms with Crippen LogP contribution in [0.1, 0.15) is 98.1 Å². The first-order chi connectivity index (χ1) is 35.0. The number of nitrogens with zero attached hydrogens (tertiary/aromatic N) is 1. The number of rotatable bonds is 10. The molecule has 13 heteroatoms. The van der Waals surface area contributed by atoms with Crippen molar-refractivity contribution in [3.63, 3.8) is 0 Å². The Balaban J connectivity index is 1.05. The number of ether oxygens (including phenoxy) is 3. The highest BCUT2D eigenvalue weighted by Crippen LogP contribution is 2.68. The number of phenols is 2. The number of ketones is 1. The summed E-state index contributed by atoms with van der Waals surface area (Å²) in [6, 6.07) is 21.0. The van der Waals surface area contributed by atoms with Crippen molar-refractivity contribution in [1.29, 1.82) is 0 Å². The predicted molar refractivity (Wildman–Crippen MR) is 271 cm³/mol. The third kappa shape index (κ3) is 8.76. The number of aliphatic hydroxyl groups excluding tert-OH is 2. The van der Waals surface area contributed by atoms with Crippen molar-refractivity contribution in [2.75, 3.05) is 20.3 Å². The van der Waals surface area contributed by atoms with Gasteiger partial charge in [0.2, 0.25) is 0 Å². The van der Waals surface area contributed by atoms with Crippen molar-refractivity contribution in [3.05, 3.63) is 113 Å². The van der Waals surface area contributed by atoms with Crippen molar-refractivity contribution >= 4 is 45.5 Å². The van der Waals surface area contributed by atoms with Crippen LogP contribution in [0.3, 0.4) is 0 Å². The van der Waals surface area contributed by atoms with Gasteiger partial charge < -0.3 is 54.0 Å². The number of H-pyrrole nitrogens is 2. The van der Waals surface area contributed by atoms with E-state index in [1.165, 1.54) is 19.5 Å². The molecule has 374 valence electrons. The van der Waals surface area contributed by atoms with E-state index in [1.807, 2.05) is 30.5 Å². The molecule has 10 atom stereocenters. The van der Waals surface area contributed by atoms with Gasteiger partial charge in [0.1, 0.15) is 31.2 Å². The molecule has 5 aliphatic rings. The normalized spacial score (nSPS) is 28.3. The number of aldehydes is 1.